The average molecular weight is 358 g/mol. The molecule has 1 aliphatic rings. The van der Waals surface area contributed by atoms with E-state index in [2.05, 4.69) is 22.7 Å². The fourth-order valence-electron chi connectivity index (χ4n) is 3.51. The third-order valence-corrected chi connectivity index (χ3v) is 5.12. The summed E-state index contributed by atoms with van der Waals surface area (Å²) in [5.74, 6) is 0.312. The molecule has 1 heterocycles. The summed E-state index contributed by atoms with van der Waals surface area (Å²) in [6, 6.07) is 13.6. The van der Waals surface area contributed by atoms with E-state index in [-0.39, 0.29) is 0 Å². The lowest BCUT2D eigenvalue weighted by molar-refractivity contribution is 0.0730. The molecule has 132 valence electrons. The van der Waals surface area contributed by atoms with E-state index in [0.29, 0.717) is 23.9 Å². The van der Waals surface area contributed by atoms with Gasteiger partial charge in [0.2, 0.25) is 0 Å². The minimum Gasteiger partial charge on any atom is -0.380 e. The Kier molecular flexibility index (Phi) is 5.42. The largest absolute Gasteiger partial charge is 0.380 e. The van der Waals surface area contributed by atoms with Gasteiger partial charge in [0.05, 0.1) is 0 Å². The number of halogens is 1. The van der Waals surface area contributed by atoms with Crippen molar-refractivity contribution in [1.82, 2.24) is 5.43 Å². The molecule has 0 radical (unpaired) electrons. The Morgan fingerprint density at radius 2 is 2.04 bits per heavy atom. The van der Waals surface area contributed by atoms with Gasteiger partial charge in [0, 0.05) is 23.7 Å². The van der Waals surface area contributed by atoms with E-state index in [1.807, 2.05) is 31.3 Å². The molecule has 2 unspecified atom stereocenters. The van der Waals surface area contributed by atoms with Crippen molar-refractivity contribution in [2.45, 2.75) is 31.3 Å². The van der Waals surface area contributed by atoms with Crippen LogP contribution in [0.3, 0.4) is 0 Å². The van der Waals surface area contributed by atoms with Gasteiger partial charge in [-0.25, -0.2) is 0 Å². The van der Waals surface area contributed by atoms with Crippen LogP contribution < -0.4 is 11.2 Å². The van der Waals surface area contributed by atoms with Crippen LogP contribution in [0.5, 0.6) is 0 Å². The normalized spacial score (nSPS) is 19.3. The maximum Gasteiger partial charge on any atom is 0.116 e. The first-order valence-corrected chi connectivity index (χ1v) is 8.98. The number of nitrogens with two attached hydrogens (primary N) is 1. The third-order valence-electron chi connectivity index (χ3n) is 4.87. The van der Waals surface area contributed by atoms with Gasteiger partial charge >= 0.3 is 0 Å². The molecule has 2 aromatic rings. The molecule has 0 fully saturated rings. The number of aryl methyl sites for hydroxylation is 1. The Bertz CT molecular complexity index is 760. The van der Waals surface area contributed by atoms with Gasteiger partial charge in [-0.05, 0) is 60.7 Å². The van der Waals surface area contributed by atoms with Gasteiger partial charge in [0.15, 0.2) is 0 Å². The summed E-state index contributed by atoms with van der Waals surface area (Å²) in [6.07, 6.45) is 3.42. The summed E-state index contributed by atoms with van der Waals surface area (Å²) in [4.78, 5) is 0. The summed E-state index contributed by atoms with van der Waals surface area (Å²) in [5, 5.41) is 16.3. The molecule has 0 aliphatic carbocycles. The van der Waals surface area contributed by atoms with E-state index in [9.17, 15) is 5.11 Å². The smallest absolute Gasteiger partial charge is 0.116 e. The molecule has 0 saturated carbocycles. The van der Waals surface area contributed by atoms with Crippen LogP contribution in [0.2, 0.25) is 5.02 Å². The molecule has 0 saturated heterocycles. The zero-order valence-corrected chi connectivity index (χ0v) is 15.1. The molecule has 0 spiro atoms. The summed E-state index contributed by atoms with van der Waals surface area (Å²) < 4.78 is 0. The van der Waals surface area contributed by atoms with Gasteiger partial charge in [-0.15, -0.1) is 0 Å². The van der Waals surface area contributed by atoms with Gasteiger partial charge in [0.1, 0.15) is 5.60 Å². The number of hydrazone groups is 1. The zero-order valence-electron chi connectivity index (χ0n) is 14.4. The Morgan fingerprint density at radius 1 is 1.28 bits per heavy atom. The number of benzene rings is 2. The van der Waals surface area contributed by atoms with Crippen molar-refractivity contribution < 1.29 is 5.11 Å². The Labute approximate surface area is 153 Å². The first-order valence-electron chi connectivity index (χ1n) is 8.60. The summed E-state index contributed by atoms with van der Waals surface area (Å²) in [6.45, 7) is 3.31. The molecule has 1 aliphatic heterocycles. The highest BCUT2D eigenvalue weighted by atomic mass is 35.5. The van der Waals surface area contributed by atoms with Crippen LogP contribution in [-0.4, -0.2) is 24.4 Å². The third kappa shape index (κ3) is 3.71. The maximum atomic E-state index is 11.5. The predicted molar refractivity (Wildman–Crippen MR) is 103 cm³/mol. The first-order chi connectivity index (χ1) is 12.0. The van der Waals surface area contributed by atoms with E-state index < -0.39 is 5.60 Å². The van der Waals surface area contributed by atoms with Crippen molar-refractivity contribution in [2.24, 2.45) is 10.8 Å². The molecule has 5 heteroatoms. The van der Waals surface area contributed by atoms with Crippen LogP contribution in [0.1, 0.15) is 41.0 Å². The molecule has 4 N–H and O–H groups in total. The van der Waals surface area contributed by atoms with Crippen LogP contribution in [0, 0.1) is 6.92 Å². The van der Waals surface area contributed by atoms with Crippen LogP contribution in [0.15, 0.2) is 47.6 Å². The predicted octanol–water partition coefficient (Wildman–Crippen LogP) is 3.30. The highest BCUT2D eigenvalue weighted by Gasteiger charge is 2.32. The van der Waals surface area contributed by atoms with Crippen LogP contribution >= 0.6 is 11.6 Å². The van der Waals surface area contributed by atoms with Crippen molar-refractivity contribution in [2.75, 3.05) is 13.1 Å². The molecule has 2 aromatic carbocycles. The minimum atomic E-state index is -1.12. The molecule has 4 nitrogen and oxygen atoms in total. The van der Waals surface area contributed by atoms with Crippen molar-refractivity contribution in [3.8, 4) is 0 Å². The van der Waals surface area contributed by atoms with Gasteiger partial charge in [-0.1, -0.05) is 41.9 Å². The monoisotopic (exact) mass is 357 g/mol. The van der Waals surface area contributed by atoms with E-state index in [4.69, 9.17) is 17.3 Å². The Balaban J connectivity index is 2.00. The summed E-state index contributed by atoms with van der Waals surface area (Å²) >= 11 is 6.00. The number of aliphatic hydroxyl groups is 1. The van der Waals surface area contributed by atoms with E-state index in [0.717, 1.165) is 29.7 Å². The SMILES string of the molecule is Cc1cc(C2C=NNCC2)ccc1C(O)(CCN)c1ccc(Cl)cc1. The molecule has 0 bridgehead atoms. The summed E-state index contributed by atoms with van der Waals surface area (Å²) in [7, 11) is 0. The Morgan fingerprint density at radius 3 is 2.64 bits per heavy atom. The fraction of sp³-hybridized carbons (Fsp3) is 0.350. The van der Waals surface area contributed by atoms with E-state index in [1.165, 1.54) is 5.56 Å². The molecular weight excluding hydrogens is 334 g/mol. The average Bonchev–Trinajstić information content (AvgIpc) is 2.63. The second-order valence-electron chi connectivity index (χ2n) is 6.56. The zero-order chi connectivity index (χ0) is 17.9. The second-order valence-corrected chi connectivity index (χ2v) is 7.00. The number of rotatable bonds is 5. The van der Waals surface area contributed by atoms with Gasteiger partial charge < -0.3 is 16.3 Å². The Hall–Kier alpha value is -1.88. The van der Waals surface area contributed by atoms with Crippen LogP contribution in [-0.2, 0) is 5.60 Å². The molecule has 3 rings (SSSR count). The van der Waals surface area contributed by atoms with Crippen molar-refractivity contribution >= 4 is 17.8 Å². The van der Waals surface area contributed by atoms with Crippen molar-refractivity contribution in [3.63, 3.8) is 0 Å². The van der Waals surface area contributed by atoms with Crippen LogP contribution in [0.4, 0.5) is 0 Å². The lowest BCUT2D eigenvalue weighted by Crippen LogP contribution is -2.31. The number of nitrogens with one attached hydrogen (secondary N) is 1. The fourth-order valence-corrected chi connectivity index (χ4v) is 3.63. The first kappa shape index (κ1) is 17.9. The number of hydrogen-bond acceptors (Lipinski definition) is 4. The highest BCUT2D eigenvalue weighted by molar-refractivity contribution is 6.30. The highest BCUT2D eigenvalue weighted by Crippen LogP contribution is 2.36. The van der Waals surface area contributed by atoms with Gasteiger partial charge in [-0.2, -0.15) is 5.10 Å². The molecular formula is C20H24ClN3O. The van der Waals surface area contributed by atoms with E-state index in [1.54, 1.807) is 12.1 Å². The topological polar surface area (TPSA) is 70.6 Å². The summed E-state index contributed by atoms with van der Waals surface area (Å²) in [5.41, 5.74) is 11.6. The van der Waals surface area contributed by atoms with Crippen molar-refractivity contribution in [3.05, 3.63) is 69.7 Å². The minimum absolute atomic E-state index is 0.312. The maximum absolute atomic E-state index is 11.5. The van der Waals surface area contributed by atoms with Crippen LogP contribution in [0.25, 0.3) is 0 Å². The molecule has 0 amide bonds. The molecule has 2 atom stereocenters. The van der Waals surface area contributed by atoms with E-state index >= 15 is 0 Å². The van der Waals surface area contributed by atoms with Gasteiger partial charge in [0.25, 0.3) is 0 Å². The number of nitrogens with zero attached hydrogens (tertiary/aromatic N) is 1. The number of hydrogen-bond donors (Lipinski definition) is 3. The lowest BCUT2D eigenvalue weighted by atomic mass is 9.80. The standard InChI is InChI=1S/C20H24ClN3O/c1-14-12-15(16-8-11-23-24-13-16)2-7-19(14)20(25,9-10-22)17-3-5-18(21)6-4-17/h2-7,12-13,16,23,25H,8-11,22H2,1H3. The molecule has 0 aromatic heterocycles. The van der Waals surface area contributed by atoms with Gasteiger partial charge in [-0.3, -0.25) is 0 Å². The lowest BCUT2D eigenvalue weighted by Gasteiger charge is -2.31. The quantitative estimate of drug-likeness (QED) is 0.769. The molecule has 25 heavy (non-hydrogen) atoms. The second kappa shape index (κ2) is 7.56. The van der Waals surface area contributed by atoms with Crippen molar-refractivity contribution in [1.29, 1.82) is 0 Å².